The van der Waals surface area contributed by atoms with E-state index in [1.54, 1.807) is 24.3 Å². The molecule has 0 bridgehead atoms. The van der Waals surface area contributed by atoms with E-state index in [1.165, 1.54) is 0 Å². The summed E-state index contributed by atoms with van der Waals surface area (Å²) in [6.45, 7) is 3.40. The Kier molecular flexibility index (Phi) is 7.56. The average molecular weight is 308 g/mol. The van der Waals surface area contributed by atoms with Crippen LogP contribution in [-0.2, 0) is 0 Å². The third kappa shape index (κ3) is 4.82. The molecule has 6 heteroatoms. The molecular formula is C16H24N2O4. The highest BCUT2D eigenvalue weighted by Gasteiger charge is 2.20. The molecule has 0 saturated heterocycles. The molecule has 2 atom stereocenters. The van der Waals surface area contributed by atoms with Crippen LogP contribution < -0.4 is 10.6 Å². The van der Waals surface area contributed by atoms with Gasteiger partial charge in [0.2, 0.25) is 0 Å². The number of carbonyl (C=O) groups is 2. The molecule has 1 aromatic carbocycles. The minimum atomic E-state index is -0.399. The highest BCUT2D eigenvalue weighted by atomic mass is 16.3. The van der Waals surface area contributed by atoms with E-state index >= 15 is 0 Å². The molecule has 122 valence electrons. The van der Waals surface area contributed by atoms with Crippen molar-refractivity contribution in [3.05, 3.63) is 35.4 Å². The molecule has 0 saturated carbocycles. The van der Waals surface area contributed by atoms with E-state index in [-0.39, 0.29) is 36.4 Å². The Balaban J connectivity index is 2.93. The molecule has 22 heavy (non-hydrogen) atoms. The monoisotopic (exact) mass is 308 g/mol. The first-order chi connectivity index (χ1) is 10.6. The van der Waals surface area contributed by atoms with Crippen molar-refractivity contribution in [2.75, 3.05) is 13.2 Å². The van der Waals surface area contributed by atoms with Gasteiger partial charge in [0, 0.05) is 0 Å². The lowest BCUT2D eigenvalue weighted by Crippen LogP contribution is -2.40. The van der Waals surface area contributed by atoms with Gasteiger partial charge in [-0.05, 0) is 25.0 Å². The van der Waals surface area contributed by atoms with Crippen molar-refractivity contribution in [2.45, 2.75) is 38.8 Å². The van der Waals surface area contributed by atoms with E-state index in [0.29, 0.717) is 12.8 Å². The van der Waals surface area contributed by atoms with Gasteiger partial charge in [0.25, 0.3) is 11.8 Å². The molecule has 0 spiro atoms. The van der Waals surface area contributed by atoms with E-state index in [4.69, 9.17) is 10.2 Å². The number of carbonyl (C=O) groups excluding carboxylic acids is 2. The van der Waals surface area contributed by atoms with Gasteiger partial charge in [-0.25, -0.2) is 0 Å². The Morgan fingerprint density at radius 2 is 1.27 bits per heavy atom. The van der Waals surface area contributed by atoms with Gasteiger partial charge in [0.05, 0.1) is 36.4 Å². The first kappa shape index (κ1) is 18.1. The summed E-state index contributed by atoms with van der Waals surface area (Å²) in [5, 5.41) is 23.7. The van der Waals surface area contributed by atoms with Crippen LogP contribution in [0.25, 0.3) is 0 Å². The summed E-state index contributed by atoms with van der Waals surface area (Å²) in [5.74, 6) is -0.799. The maximum Gasteiger partial charge on any atom is 0.252 e. The summed E-state index contributed by atoms with van der Waals surface area (Å²) in [6, 6.07) is 5.79. The molecule has 1 rings (SSSR count). The highest BCUT2D eigenvalue weighted by Crippen LogP contribution is 2.10. The third-order valence-electron chi connectivity index (χ3n) is 3.51. The van der Waals surface area contributed by atoms with Crippen molar-refractivity contribution in [2.24, 2.45) is 0 Å². The predicted octanol–water partition coefficient (Wildman–Crippen LogP) is 0.688. The molecule has 4 N–H and O–H groups in total. The van der Waals surface area contributed by atoms with Gasteiger partial charge in [-0.2, -0.15) is 0 Å². The van der Waals surface area contributed by atoms with E-state index in [0.717, 1.165) is 0 Å². The van der Waals surface area contributed by atoms with Crippen LogP contribution in [0.4, 0.5) is 0 Å². The Bertz CT molecular complexity index is 452. The fourth-order valence-corrected chi connectivity index (χ4v) is 1.96. The second-order valence-corrected chi connectivity index (χ2v) is 5.07. The molecule has 1 aromatic rings. The van der Waals surface area contributed by atoms with Gasteiger partial charge < -0.3 is 20.8 Å². The zero-order valence-corrected chi connectivity index (χ0v) is 13.0. The van der Waals surface area contributed by atoms with Gasteiger partial charge in [-0.1, -0.05) is 26.0 Å². The number of aliphatic hydroxyl groups excluding tert-OH is 2. The average Bonchev–Trinajstić information content (AvgIpc) is 2.56. The normalized spacial score (nSPS) is 13.3. The maximum atomic E-state index is 12.3. The lowest BCUT2D eigenvalue weighted by atomic mass is 10.0. The van der Waals surface area contributed by atoms with Crippen LogP contribution >= 0.6 is 0 Å². The maximum absolute atomic E-state index is 12.3. The number of rotatable bonds is 8. The van der Waals surface area contributed by atoms with Crippen molar-refractivity contribution in [3.63, 3.8) is 0 Å². The first-order valence-corrected chi connectivity index (χ1v) is 7.49. The van der Waals surface area contributed by atoms with Crippen LogP contribution in [0.5, 0.6) is 0 Å². The van der Waals surface area contributed by atoms with Gasteiger partial charge in [0.1, 0.15) is 0 Å². The molecule has 0 radical (unpaired) electrons. The summed E-state index contributed by atoms with van der Waals surface area (Å²) in [4.78, 5) is 24.5. The van der Waals surface area contributed by atoms with Crippen LogP contribution in [-0.4, -0.2) is 47.3 Å². The largest absolute Gasteiger partial charge is 0.394 e. The molecule has 0 aliphatic rings. The van der Waals surface area contributed by atoms with Crippen molar-refractivity contribution in [1.82, 2.24) is 10.6 Å². The number of nitrogens with one attached hydrogen (secondary N) is 2. The zero-order chi connectivity index (χ0) is 16.5. The summed E-state index contributed by atoms with van der Waals surface area (Å²) < 4.78 is 0. The molecule has 6 nitrogen and oxygen atoms in total. The zero-order valence-electron chi connectivity index (χ0n) is 13.0. The van der Waals surface area contributed by atoms with Crippen molar-refractivity contribution in [3.8, 4) is 0 Å². The summed E-state index contributed by atoms with van der Waals surface area (Å²) in [6.07, 6.45) is 1.19. The molecule has 0 unspecified atom stereocenters. The first-order valence-electron chi connectivity index (χ1n) is 7.49. The van der Waals surface area contributed by atoms with Gasteiger partial charge in [0.15, 0.2) is 0 Å². The summed E-state index contributed by atoms with van der Waals surface area (Å²) in [5.41, 5.74) is 0.499. The SMILES string of the molecule is CC[C@@H](CO)NC(=O)c1ccccc1C(=O)N[C@@H](CC)CO. The Labute approximate surface area is 130 Å². The molecule has 0 aliphatic heterocycles. The number of amides is 2. The fourth-order valence-electron chi connectivity index (χ4n) is 1.96. The second-order valence-electron chi connectivity index (χ2n) is 5.07. The number of hydrogen-bond acceptors (Lipinski definition) is 4. The third-order valence-corrected chi connectivity index (χ3v) is 3.51. The Hall–Kier alpha value is -1.92. The Morgan fingerprint density at radius 1 is 0.909 bits per heavy atom. The number of benzene rings is 1. The molecule has 0 aromatic heterocycles. The fraction of sp³-hybridized carbons (Fsp3) is 0.500. The van der Waals surface area contributed by atoms with E-state index in [2.05, 4.69) is 10.6 Å². The van der Waals surface area contributed by atoms with Gasteiger partial charge in [-0.3, -0.25) is 9.59 Å². The quantitative estimate of drug-likeness (QED) is 0.568. The Morgan fingerprint density at radius 3 is 1.55 bits per heavy atom. The lowest BCUT2D eigenvalue weighted by Gasteiger charge is -2.17. The van der Waals surface area contributed by atoms with Crippen LogP contribution in [0, 0.1) is 0 Å². The molecule has 0 aliphatic carbocycles. The molecule has 0 heterocycles. The van der Waals surface area contributed by atoms with Crippen molar-refractivity contribution < 1.29 is 19.8 Å². The number of aliphatic hydroxyl groups is 2. The van der Waals surface area contributed by atoms with Crippen molar-refractivity contribution in [1.29, 1.82) is 0 Å². The van der Waals surface area contributed by atoms with Gasteiger partial charge in [-0.15, -0.1) is 0 Å². The predicted molar refractivity (Wildman–Crippen MR) is 83.7 cm³/mol. The smallest absolute Gasteiger partial charge is 0.252 e. The minimum absolute atomic E-state index is 0.154. The summed E-state index contributed by atoms with van der Waals surface area (Å²) >= 11 is 0. The molecule has 2 amide bonds. The van der Waals surface area contributed by atoms with Crippen LogP contribution in [0.3, 0.4) is 0 Å². The lowest BCUT2D eigenvalue weighted by molar-refractivity contribution is 0.0881. The topological polar surface area (TPSA) is 98.7 Å². The van der Waals surface area contributed by atoms with Crippen LogP contribution in [0.15, 0.2) is 24.3 Å². The minimum Gasteiger partial charge on any atom is -0.394 e. The highest BCUT2D eigenvalue weighted by molar-refractivity contribution is 6.07. The second kappa shape index (κ2) is 9.17. The van der Waals surface area contributed by atoms with Crippen LogP contribution in [0.2, 0.25) is 0 Å². The van der Waals surface area contributed by atoms with E-state index in [1.807, 2.05) is 13.8 Å². The van der Waals surface area contributed by atoms with E-state index in [9.17, 15) is 9.59 Å². The van der Waals surface area contributed by atoms with Crippen LogP contribution in [0.1, 0.15) is 47.4 Å². The summed E-state index contributed by atoms with van der Waals surface area (Å²) in [7, 11) is 0. The van der Waals surface area contributed by atoms with Crippen molar-refractivity contribution >= 4 is 11.8 Å². The standard InChI is InChI=1S/C16H24N2O4/c1-3-11(9-19)17-15(21)13-7-5-6-8-14(13)16(22)18-12(4-2)10-20/h5-8,11-12,19-20H,3-4,9-10H2,1-2H3,(H,17,21)(H,18,22)/t11-,12-/m0/s1. The number of hydrogen-bond donors (Lipinski definition) is 4. The van der Waals surface area contributed by atoms with E-state index < -0.39 is 11.8 Å². The molecular weight excluding hydrogens is 284 g/mol. The van der Waals surface area contributed by atoms with Gasteiger partial charge >= 0.3 is 0 Å². The molecule has 0 fully saturated rings.